The molecule has 0 bridgehead atoms. The number of nitrogens with zero attached hydrogens (tertiary/aromatic N) is 1. The Morgan fingerprint density at radius 2 is 1.89 bits per heavy atom. The molecule has 144 valence electrons. The van der Waals surface area contributed by atoms with Crippen molar-refractivity contribution >= 4 is 17.5 Å². The van der Waals surface area contributed by atoms with Crippen LogP contribution in [0.4, 0.5) is 0 Å². The molecule has 0 radical (unpaired) electrons. The first-order valence-corrected chi connectivity index (χ1v) is 9.51. The topological polar surface area (TPSA) is 50.8 Å². The van der Waals surface area contributed by atoms with Gasteiger partial charge in [0.05, 0.1) is 32.8 Å². The Kier molecular flexibility index (Phi) is 7.10. The largest absolute Gasteiger partial charge is 0.497 e. The van der Waals surface area contributed by atoms with Gasteiger partial charge in [-0.15, -0.1) is 0 Å². The van der Waals surface area contributed by atoms with Crippen LogP contribution in [0.25, 0.3) is 0 Å². The van der Waals surface area contributed by atoms with Gasteiger partial charge in [-0.1, -0.05) is 41.9 Å². The maximum Gasteiger partial charge on any atom is 0.224 e. The van der Waals surface area contributed by atoms with Crippen LogP contribution >= 0.6 is 11.6 Å². The van der Waals surface area contributed by atoms with Gasteiger partial charge in [-0.05, 0) is 29.3 Å². The minimum atomic E-state index is -0.00881. The summed E-state index contributed by atoms with van der Waals surface area (Å²) in [6.45, 7) is 3.55. The SMILES string of the molecule is COc1ccc(CC(=O)NC[C@H](c2ccccc2Cl)N2CCOCC2)cc1. The molecule has 2 aromatic carbocycles. The van der Waals surface area contributed by atoms with E-state index in [0.29, 0.717) is 26.2 Å². The summed E-state index contributed by atoms with van der Waals surface area (Å²) < 4.78 is 10.6. The smallest absolute Gasteiger partial charge is 0.224 e. The molecule has 1 aliphatic heterocycles. The van der Waals surface area contributed by atoms with E-state index in [4.69, 9.17) is 21.1 Å². The zero-order valence-corrected chi connectivity index (χ0v) is 16.2. The summed E-state index contributed by atoms with van der Waals surface area (Å²) in [5, 5.41) is 3.79. The Bertz CT molecular complexity index is 745. The number of methoxy groups -OCH3 is 1. The van der Waals surface area contributed by atoms with E-state index in [0.717, 1.165) is 35.0 Å². The Morgan fingerprint density at radius 1 is 1.19 bits per heavy atom. The molecule has 1 heterocycles. The molecule has 0 saturated carbocycles. The minimum Gasteiger partial charge on any atom is -0.497 e. The third kappa shape index (κ3) is 5.45. The van der Waals surface area contributed by atoms with E-state index in [1.807, 2.05) is 48.5 Å². The van der Waals surface area contributed by atoms with Crippen molar-refractivity contribution in [3.8, 4) is 5.75 Å². The summed E-state index contributed by atoms with van der Waals surface area (Å²) in [5.74, 6) is 0.774. The van der Waals surface area contributed by atoms with E-state index in [-0.39, 0.29) is 11.9 Å². The van der Waals surface area contributed by atoms with Crippen LogP contribution in [0.15, 0.2) is 48.5 Å². The van der Waals surface area contributed by atoms with Gasteiger partial charge in [0, 0.05) is 24.7 Å². The van der Waals surface area contributed by atoms with Gasteiger partial charge in [-0.2, -0.15) is 0 Å². The lowest BCUT2D eigenvalue weighted by Crippen LogP contribution is -2.44. The van der Waals surface area contributed by atoms with Gasteiger partial charge < -0.3 is 14.8 Å². The van der Waals surface area contributed by atoms with Gasteiger partial charge in [-0.25, -0.2) is 0 Å². The van der Waals surface area contributed by atoms with Crippen molar-refractivity contribution in [3.63, 3.8) is 0 Å². The fourth-order valence-corrected chi connectivity index (χ4v) is 3.53. The van der Waals surface area contributed by atoms with Crippen molar-refractivity contribution in [2.75, 3.05) is 40.0 Å². The Labute approximate surface area is 165 Å². The lowest BCUT2D eigenvalue weighted by atomic mass is 10.0. The molecular formula is C21H25ClN2O3. The van der Waals surface area contributed by atoms with Gasteiger partial charge in [-0.3, -0.25) is 9.69 Å². The number of hydrogen-bond donors (Lipinski definition) is 1. The van der Waals surface area contributed by atoms with Crippen LogP contribution in [0.3, 0.4) is 0 Å². The van der Waals surface area contributed by atoms with E-state index in [1.165, 1.54) is 0 Å². The summed E-state index contributed by atoms with van der Waals surface area (Å²) in [5.41, 5.74) is 1.99. The Balaban J connectivity index is 1.64. The molecule has 3 rings (SSSR count). The second-order valence-corrected chi connectivity index (χ2v) is 6.92. The molecule has 0 aliphatic carbocycles. The molecule has 1 amide bonds. The average Bonchev–Trinajstić information content (AvgIpc) is 2.71. The second kappa shape index (κ2) is 9.74. The number of amides is 1. The van der Waals surface area contributed by atoms with E-state index >= 15 is 0 Å². The van der Waals surface area contributed by atoms with Crippen molar-refractivity contribution in [1.29, 1.82) is 0 Å². The highest BCUT2D eigenvalue weighted by Gasteiger charge is 2.24. The molecule has 1 aliphatic rings. The fraction of sp³-hybridized carbons (Fsp3) is 0.381. The van der Waals surface area contributed by atoms with E-state index in [9.17, 15) is 4.79 Å². The van der Waals surface area contributed by atoms with Gasteiger partial charge in [0.15, 0.2) is 0 Å². The number of ether oxygens (including phenoxy) is 2. The monoisotopic (exact) mass is 388 g/mol. The van der Waals surface area contributed by atoms with Gasteiger partial charge in [0.25, 0.3) is 0 Å². The number of carbonyl (C=O) groups is 1. The third-order valence-electron chi connectivity index (χ3n) is 4.77. The highest BCUT2D eigenvalue weighted by Crippen LogP contribution is 2.27. The molecule has 1 fully saturated rings. The maximum absolute atomic E-state index is 12.5. The van der Waals surface area contributed by atoms with E-state index < -0.39 is 0 Å². The number of benzene rings is 2. The standard InChI is InChI=1S/C21H25ClN2O3/c1-26-17-8-6-16(7-9-17)14-21(25)23-15-20(24-10-12-27-13-11-24)18-4-2-3-5-19(18)22/h2-9,20H,10-15H2,1H3,(H,23,25)/t20-/m1/s1. The van der Waals surface area contributed by atoms with Crippen molar-refractivity contribution in [2.45, 2.75) is 12.5 Å². The van der Waals surface area contributed by atoms with Crippen molar-refractivity contribution in [3.05, 3.63) is 64.7 Å². The first kappa shape index (κ1) is 19.7. The Morgan fingerprint density at radius 3 is 2.56 bits per heavy atom. The highest BCUT2D eigenvalue weighted by atomic mass is 35.5. The number of hydrogen-bond acceptors (Lipinski definition) is 4. The zero-order valence-electron chi connectivity index (χ0n) is 15.5. The normalized spacial score (nSPS) is 15.9. The fourth-order valence-electron chi connectivity index (χ4n) is 3.27. The summed E-state index contributed by atoms with van der Waals surface area (Å²) in [4.78, 5) is 14.8. The number of rotatable bonds is 7. The molecule has 1 atom stereocenters. The molecule has 0 spiro atoms. The summed E-state index contributed by atoms with van der Waals surface area (Å²) in [6.07, 6.45) is 0.336. The molecule has 27 heavy (non-hydrogen) atoms. The van der Waals surface area contributed by atoms with Gasteiger partial charge in [0.1, 0.15) is 5.75 Å². The predicted octanol–water partition coefficient (Wildman–Crippen LogP) is 3.08. The van der Waals surface area contributed by atoms with Gasteiger partial charge in [0.2, 0.25) is 5.91 Å². The number of nitrogens with one attached hydrogen (secondary N) is 1. The predicted molar refractivity (Wildman–Crippen MR) is 106 cm³/mol. The van der Waals surface area contributed by atoms with Crippen molar-refractivity contribution in [2.24, 2.45) is 0 Å². The first-order valence-electron chi connectivity index (χ1n) is 9.13. The van der Waals surface area contributed by atoms with Gasteiger partial charge >= 0.3 is 0 Å². The quantitative estimate of drug-likeness (QED) is 0.792. The highest BCUT2D eigenvalue weighted by molar-refractivity contribution is 6.31. The molecule has 2 aromatic rings. The molecule has 0 unspecified atom stereocenters. The molecule has 5 nitrogen and oxygen atoms in total. The summed E-state index contributed by atoms with van der Waals surface area (Å²) in [7, 11) is 1.63. The van der Waals surface area contributed by atoms with Crippen LogP contribution in [0.5, 0.6) is 5.75 Å². The van der Waals surface area contributed by atoms with E-state index in [2.05, 4.69) is 10.2 Å². The van der Waals surface area contributed by atoms with E-state index in [1.54, 1.807) is 7.11 Å². The van der Waals surface area contributed by atoms with Crippen LogP contribution in [-0.2, 0) is 16.0 Å². The number of halogens is 1. The number of morpholine rings is 1. The molecular weight excluding hydrogens is 364 g/mol. The molecule has 1 saturated heterocycles. The maximum atomic E-state index is 12.5. The lowest BCUT2D eigenvalue weighted by Gasteiger charge is -2.35. The van der Waals surface area contributed by atoms with Crippen LogP contribution in [-0.4, -0.2) is 50.8 Å². The number of carbonyl (C=O) groups excluding carboxylic acids is 1. The third-order valence-corrected chi connectivity index (χ3v) is 5.11. The lowest BCUT2D eigenvalue weighted by molar-refractivity contribution is -0.120. The van der Waals surface area contributed by atoms with Crippen molar-refractivity contribution < 1.29 is 14.3 Å². The summed E-state index contributed by atoms with van der Waals surface area (Å²) >= 11 is 6.43. The van der Waals surface area contributed by atoms with Crippen LogP contribution in [0.1, 0.15) is 17.2 Å². The van der Waals surface area contributed by atoms with Crippen molar-refractivity contribution in [1.82, 2.24) is 10.2 Å². The Hall–Kier alpha value is -2.08. The molecule has 6 heteroatoms. The van der Waals surface area contributed by atoms with Crippen LogP contribution < -0.4 is 10.1 Å². The summed E-state index contributed by atoms with van der Waals surface area (Å²) in [6, 6.07) is 15.4. The van der Waals surface area contributed by atoms with Crippen LogP contribution in [0, 0.1) is 0 Å². The molecule has 0 aromatic heterocycles. The average molecular weight is 389 g/mol. The first-order chi connectivity index (χ1) is 13.2. The molecule has 1 N–H and O–H groups in total. The second-order valence-electron chi connectivity index (χ2n) is 6.51. The van der Waals surface area contributed by atoms with Crippen LogP contribution in [0.2, 0.25) is 5.02 Å². The zero-order chi connectivity index (χ0) is 19.1. The minimum absolute atomic E-state index is 0.00881.